The summed E-state index contributed by atoms with van der Waals surface area (Å²) in [4.78, 5) is 0. The van der Waals surface area contributed by atoms with E-state index in [0.717, 1.165) is 0 Å². The summed E-state index contributed by atoms with van der Waals surface area (Å²) >= 11 is 0. The second-order valence-corrected chi connectivity index (χ2v) is 4.33. The molecule has 0 amide bonds. The fraction of sp³-hybridized carbons (Fsp3) is 0.500. The number of aliphatic hydroxyl groups excluding tert-OH is 1. The Bertz CT molecular complexity index is 385. The van der Waals surface area contributed by atoms with Gasteiger partial charge in [-0.05, 0) is 13.0 Å². The van der Waals surface area contributed by atoms with Crippen molar-refractivity contribution in [2.24, 2.45) is 11.7 Å². The zero-order valence-corrected chi connectivity index (χ0v) is 9.19. The first-order chi connectivity index (χ1) is 7.59. The minimum Gasteiger partial charge on any atom is -0.396 e. The van der Waals surface area contributed by atoms with Gasteiger partial charge in [0.2, 0.25) is 0 Å². The first kappa shape index (κ1) is 11.5. The van der Waals surface area contributed by atoms with E-state index >= 15 is 0 Å². The molecule has 4 heteroatoms. The molecule has 1 aromatic carbocycles. The summed E-state index contributed by atoms with van der Waals surface area (Å²) in [6.45, 7) is 1.97. The normalized spacial score (nSPS) is 34.2. The molecule has 1 aromatic rings. The van der Waals surface area contributed by atoms with Gasteiger partial charge in [-0.3, -0.25) is 0 Å². The Labute approximate surface area is 94.0 Å². The van der Waals surface area contributed by atoms with Crippen LogP contribution in [0.3, 0.4) is 0 Å². The number of halogens is 1. The van der Waals surface area contributed by atoms with E-state index in [9.17, 15) is 9.50 Å². The number of ether oxygens (including phenoxy) is 1. The van der Waals surface area contributed by atoms with Crippen LogP contribution in [-0.4, -0.2) is 24.4 Å². The Morgan fingerprint density at radius 3 is 2.88 bits per heavy atom. The molecule has 1 aliphatic heterocycles. The number of rotatable bonds is 2. The summed E-state index contributed by atoms with van der Waals surface area (Å²) in [6.07, 6.45) is -0.158. The van der Waals surface area contributed by atoms with Gasteiger partial charge in [-0.1, -0.05) is 18.2 Å². The summed E-state index contributed by atoms with van der Waals surface area (Å²) in [6, 6.07) is 6.39. The van der Waals surface area contributed by atoms with Crippen molar-refractivity contribution in [3.63, 3.8) is 0 Å². The van der Waals surface area contributed by atoms with Gasteiger partial charge in [0.15, 0.2) is 0 Å². The Kier molecular flexibility index (Phi) is 2.97. The minimum atomic E-state index is -0.931. The molecule has 3 atom stereocenters. The predicted octanol–water partition coefficient (Wildman–Crippen LogP) is 1.01. The van der Waals surface area contributed by atoms with Crippen LogP contribution in [0.5, 0.6) is 0 Å². The van der Waals surface area contributed by atoms with Gasteiger partial charge in [0, 0.05) is 11.5 Å². The summed E-state index contributed by atoms with van der Waals surface area (Å²) < 4.78 is 19.1. The SMILES string of the molecule is C[C@H]1OCC(N)(c2ccccc2F)[C@@H]1CO. The van der Waals surface area contributed by atoms with Gasteiger partial charge in [0.1, 0.15) is 5.82 Å². The van der Waals surface area contributed by atoms with Gasteiger partial charge in [-0.2, -0.15) is 0 Å². The molecule has 0 aliphatic carbocycles. The average Bonchev–Trinajstić information content (AvgIpc) is 2.56. The standard InChI is InChI=1S/C12H16FNO2/c1-8-10(6-15)12(14,7-16-8)9-4-2-3-5-11(9)13/h2-5,8,10,15H,6-7,14H2,1H3/t8-,10-,12?/m1/s1. The molecule has 1 fully saturated rings. The van der Waals surface area contributed by atoms with Crippen molar-refractivity contribution in [2.75, 3.05) is 13.2 Å². The van der Waals surface area contributed by atoms with Gasteiger partial charge >= 0.3 is 0 Å². The molecule has 0 spiro atoms. The van der Waals surface area contributed by atoms with E-state index in [-0.39, 0.29) is 31.1 Å². The zero-order valence-electron chi connectivity index (χ0n) is 9.19. The van der Waals surface area contributed by atoms with Crippen LogP contribution in [0.25, 0.3) is 0 Å². The molecule has 1 heterocycles. The van der Waals surface area contributed by atoms with Crippen LogP contribution in [0.4, 0.5) is 4.39 Å². The fourth-order valence-corrected chi connectivity index (χ4v) is 2.34. The third-order valence-corrected chi connectivity index (χ3v) is 3.39. The van der Waals surface area contributed by atoms with Crippen molar-refractivity contribution in [2.45, 2.75) is 18.6 Å². The van der Waals surface area contributed by atoms with Gasteiger partial charge in [-0.15, -0.1) is 0 Å². The highest BCUT2D eigenvalue weighted by Gasteiger charge is 2.47. The van der Waals surface area contributed by atoms with Crippen molar-refractivity contribution in [1.82, 2.24) is 0 Å². The van der Waals surface area contributed by atoms with E-state index in [4.69, 9.17) is 10.5 Å². The van der Waals surface area contributed by atoms with Gasteiger partial charge in [0.25, 0.3) is 0 Å². The average molecular weight is 225 g/mol. The molecule has 0 aromatic heterocycles. The predicted molar refractivity (Wildman–Crippen MR) is 58.3 cm³/mol. The molecule has 1 saturated heterocycles. The van der Waals surface area contributed by atoms with Crippen LogP contribution in [-0.2, 0) is 10.3 Å². The second kappa shape index (κ2) is 4.13. The lowest BCUT2D eigenvalue weighted by Crippen LogP contribution is -2.47. The summed E-state index contributed by atoms with van der Waals surface area (Å²) in [5.41, 5.74) is 5.69. The molecule has 0 radical (unpaired) electrons. The van der Waals surface area contributed by atoms with E-state index in [1.54, 1.807) is 18.2 Å². The maximum absolute atomic E-state index is 13.7. The Balaban J connectivity index is 2.42. The molecular formula is C12H16FNO2. The maximum atomic E-state index is 13.7. The number of hydrogen-bond acceptors (Lipinski definition) is 3. The zero-order chi connectivity index (χ0) is 11.8. The first-order valence-corrected chi connectivity index (χ1v) is 5.36. The highest BCUT2D eigenvalue weighted by atomic mass is 19.1. The van der Waals surface area contributed by atoms with E-state index in [0.29, 0.717) is 5.56 Å². The van der Waals surface area contributed by atoms with E-state index in [2.05, 4.69) is 0 Å². The van der Waals surface area contributed by atoms with E-state index < -0.39 is 5.54 Å². The van der Waals surface area contributed by atoms with Crippen molar-refractivity contribution >= 4 is 0 Å². The number of hydrogen-bond donors (Lipinski definition) is 2. The summed E-state index contributed by atoms with van der Waals surface area (Å²) in [5, 5.41) is 9.34. The van der Waals surface area contributed by atoms with Crippen LogP contribution in [0.15, 0.2) is 24.3 Å². The van der Waals surface area contributed by atoms with Crippen LogP contribution < -0.4 is 5.73 Å². The smallest absolute Gasteiger partial charge is 0.128 e. The highest BCUT2D eigenvalue weighted by molar-refractivity contribution is 5.28. The van der Waals surface area contributed by atoms with Gasteiger partial charge in [-0.25, -0.2) is 4.39 Å². The Morgan fingerprint density at radius 2 is 2.25 bits per heavy atom. The molecule has 0 bridgehead atoms. The van der Waals surface area contributed by atoms with Gasteiger partial charge in [0.05, 0.1) is 24.9 Å². The lowest BCUT2D eigenvalue weighted by molar-refractivity contribution is 0.0861. The topological polar surface area (TPSA) is 55.5 Å². The van der Waals surface area contributed by atoms with E-state index in [1.165, 1.54) is 6.07 Å². The van der Waals surface area contributed by atoms with Crippen molar-refractivity contribution < 1.29 is 14.2 Å². The van der Waals surface area contributed by atoms with Crippen molar-refractivity contribution in [1.29, 1.82) is 0 Å². The Morgan fingerprint density at radius 1 is 1.56 bits per heavy atom. The quantitative estimate of drug-likeness (QED) is 0.789. The van der Waals surface area contributed by atoms with Crippen LogP contribution in [0, 0.1) is 11.7 Å². The fourth-order valence-electron chi connectivity index (χ4n) is 2.34. The lowest BCUT2D eigenvalue weighted by Gasteiger charge is -2.30. The molecule has 3 nitrogen and oxygen atoms in total. The molecule has 0 saturated carbocycles. The second-order valence-electron chi connectivity index (χ2n) is 4.33. The number of aliphatic hydroxyl groups is 1. The summed E-state index contributed by atoms with van der Waals surface area (Å²) in [7, 11) is 0. The highest BCUT2D eigenvalue weighted by Crippen LogP contribution is 2.37. The van der Waals surface area contributed by atoms with E-state index in [1.807, 2.05) is 6.92 Å². The van der Waals surface area contributed by atoms with Crippen LogP contribution in [0.2, 0.25) is 0 Å². The molecule has 1 aliphatic rings. The largest absolute Gasteiger partial charge is 0.396 e. The first-order valence-electron chi connectivity index (χ1n) is 5.36. The van der Waals surface area contributed by atoms with Crippen molar-refractivity contribution in [3.8, 4) is 0 Å². The molecule has 88 valence electrons. The molecule has 1 unspecified atom stereocenters. The molecule has 2 rings (SSSR count). The molecule has 16 heavy (non-hydrogen) atoms. The third kappa shape index (κ3) is 1.63. The summed E-state index contributed by atoms with van der Waals surface area (Å²) in [5.74, 6) is -0.620. The van der Waals surface area contributed by atoms with Gasteiger partial charge < -0.3 is 15.6 Å². The maximum Gasteiger partial charge on any atom is 0.128 e. The number of nitrogens with two attached hydrogens (primary N) is 1. The van der Waals surface area contributed by atoms with Crippen molar-refractivity contribution in [3.05, 3.63) is 35.6 Å². The monoisotopic (exact) mass is 225 g/mol. The third-order valence-electron chi connectivity index (χ3n) is 3.39. The Hall–Kier alpha value is -0.970. The minimum absolute atomic E-state index is 0.105. The molecular weight excluding hydrogens is 209 g/mol. The van der Waals surface area contributed by atoms with Crippen LogP contribution >= 0.6 is 0 Å². The lowest BCUT2D eigenvalue weighted by atomic mass is 9.79. The molecule has 3 N–H and O–H groups in total. The number of benzene rings is 1. The van der Waals surface area contributed by atoms with Crippen LogP contribution in [0.1, 0.15) is 12.5 Å².